The minimum absolute atomic E-state index is 0.210. The minimum Gasteiger partial charge on any atom is -0.0632 e. The van der Waals surface area contributed by atoms with Crippen molar-refractivity contribution in [2.24, 2.45) is 0 Å². The van der Waals surface area contributed by atoms with Crippen molar-refractivity contribution in [2.75, 3.05) is 0 Å². The Bertz CT molecular complexity index is 347. The molecule has 0 aliphatic carbocycles. The van der Waals surface area contributed by atoms with Gasteiger partial charge >= 0.3 is 0 Å². The first-order chi connectivity index (χ1) is 7.82. The van der Waals surface area contributed by atoms with Crippen LogP contribution in [0.2, 0.25) is 0 Å². The Labute approximate surface area is 115 Å². The molecule has 0 saturated heterocycles. The predicted octanol–water partition coefficient (Wildman–Crippen LogP) is 2.72. The third-order valence-electron chi connectivity index (χ3n) is 3.53. The lowest BCUT2D eigenvalue weighted by Crippen LogP contribution is -2.24. The molecule has 0 heterocycles. The van der Waals surface area contributed by atoms with Crippen LogP contribution < -0.4 is 0 Å². The van der Waals surface area contributed by atoms with Crippen molar-refractivity contribution in [1.82, 2.24) is 0 Å². The van der Waals surface area contributed by atoms with Crippen molar-refractivity contribution in [3.8, 4) is 0 Å². The standard InChI is InChI=1S/C16H28B2/c1-14(2,3)11-8-12(15(4,5)17)10-13(9-11)16(6,7)18/h8-10H,17-18H2,1-7H3. The summed E-state index contributed by atoms with van der Waals surface area (Å²) in [6, 6.07) is 7.15. The second kappa shape index (κ2) is 4.47. The summed E-state index contributed by atoms with van der Waals surface area (Å²) < 4.78 is 0. The Morgan fingerprint density at radius 3 is 1.11 bits per heavy atom. The quantitative estimate of drug-likeness (QED) is 0.699. The first-order valence-electron chi connectivity index (χ1n) is 6.98. The first kappa shape index (κ1) is 15.4. The van der Waals surface area contributed by atoms with Crippen molar-refractivity contribution in [3.05, 3.63) is 34.9 Å². The largest absolute Gasteiger partial charge is 0.114 e. The molecule has 18 heavy (non-hydrogen) atoms. The summed E-state index contributed by atoms with van der Waals surface area (Å²) in [6.45, 7) is 16.1. The smallest absolute Gasteiger partial charge is 0.0632 e. The van der Waals surface area contributed by atoms with E-state index in [4.69, 9.17) is 0 Å². The summed E-state index contributed by atoms with van der Waals surface area (Å²) in [4.78, 5) is 0. The van der Waals surface area contributed by atoms with Crippen molar-refractivity contribution < 1.29 is 0 Å². The topological polar surface area (TPSA) is 0 Å². The minimum atomic E-state index is 0.210. The Balaban J connectivity index is 3.49. The van der Waals surface area contributed by atoms with Gasteiger partial charge in [0.05, 0.1) is 0 Å². The summed E-state index contributed by atoms with van der Waals surface area (Å²) in [5, 5.41) is 0.419. The van der Waals surface area contributed by atoms with Crippen LogP contribution in [-0.2, 0) is 16.0 Å². The van der Waals surface area contributed by atoms with Gasteiger partial charge in [0.1, 0.15) is 15.7 Å². The van der Waals surface area contributed by atoms with E-state index in [1.54, 1.807) is 0 Å². The van der Waals surface area contributed by atoms with E-state index in [2.05, 4.69) is 82.4 Å². The van der Waals surface area contributed by atoms with Crippen LogP contribution in [0.3, 0.4) is 0 Å². The van der Waals surface area contributed by atoms with Gasteiger partial charge in [-0.1, -0.05) is 66.7 Å². The van der Waals surface area contributed by atoms with E-state index in [-0.39, 0.29) is 16.0 Å². The van der Waals surface area contributed by atoms with E-state index < -0.39 is 0 Å². The lowest BCUT2D eigenvalue weighted by Gasteiger charge is -2.29. The number of benzene rings is 1. The van der Waals surface area contributed by atoms with Crippen LogP contribution in [-0.4, -0.2) is 15.7 Å². The van der Waals surface area contributed by atoms with Crippen molar-refractivity contribution in [3.63, 3.8) is 0 Å². The van der Waals surface area contributed by atoms with E-state index in [9.17, 15) is 0 Å². The Kier molecular flexibility index (Phi) is 3.83. The number of rotatable bonds is 2. The number of hydrogen-bond acceptors (Lipinski definition) is 0. The van der Waals surface area contributed by atoms with Crippen molar-refractivity contribution in [1.29, 1.82) is 0 Å². The average molecular weight is 242 g/mol. The van der Waals surface area contributed by atoms with Crippen LogP contribution in [0.4, 0.5) is 0 Å². The fourth-order valence-electron chi connectivity index (χ4n) is 1.93. The molecule has 0 nitrogen and oxygen atoms in total. The Hall–Kier alpha value is -0.650. The van der Waals surface area contributed by atoms with Crippen LogP contribution >= 0.6 is 0 Å². The van der Waals surface area contributed by atoms with Gasteiger partial charge in [-0.15, -0.1) is 0 Å². The highest BCUT2D eigenvalue weighted by molar-refractivity contribution is 6.16. The second-order valence-corrected chi connectivity index (χ2v) is 8.55. The van der Waals surface area contributed by atoms with Gasteiger partial charge in [0, 0.05) is 0 Å². The van der Waals surface area contributed by atoms with Crippen LogP contribution in [0.25, 0.3) is 0 Å². The Morgan fingerprint density at radius 2 is 0.889 bits per heavy atom. The third kappa shape index (κ3) is 3.67. The highest BCUT2D eigenvalue weighted by atomic mass is 14.2. The molecule has 0 radical (unpaired) electrons. The van der Waals surface area contributed by atoms with E-state index in [0.29, 0.717) is 0 Å². The zero-order valence-corrected chi connectivity index (χ0v) is 13.7. The molecule has 0 fully saturated rings. The molecule has 0 spiro atoms. The third-order valence-corrected chi connectivity index (χ3v) is 3.53. The molecule has 98 valence electrons. The zero-order valence-electron chi connectivity index (χ0n) is 13.7. The van der Waals surface area contributed by atoms with Gasteiger partial charge in [-0.2, -0.15) is 0 Å². The SMILES string of the molecule is BC(C)(C)c1cc(C(B)(C)C)cc(C(C)(C)C)c1. The van der Waals surface area contributed by atoms with Gasteiger partial charge in [0.2, 0.25) is 0 Å². The molecular formula is C16H28B2. The van der Waals surface area contributed by atoms with Crippen LogP contribution in [0, 0.1) is 0 Å². The fraction of sp³-hybridized carbons (Fsp3) is 0.625. The van der Waals surface area contributed by atoms with E-state index in [1.165, 1.54) is 16.7 Å². The second-order valence-electron chi connectivity index (χ2n) is 8.55. The van der Waals surface area contributed by atoms with Gasteiger partial charge in [0.25, 0.3) is 0 Å². The summed E-state index contributed by atoms with van der Waals surface area (Å²) in [6.07, 6.45) is 0. The van der Waals surface area contributed by atoms with Gasteiger partial charge in [0.15, 0.2) is 0 Å². The fourth-order valence-corrected chi connectivity index (χ4v) is 1.93. The molecule has 0 aromatic heterocycles. The molecule has 2 heteroatoms. The maximum Gasteiger partial charge on any atom is 0.114 e. The average Bonchev–Trinajstić information content (AvgIpc) is 2.13. The Morgan fingerprint density at radius 1 is 0.611 bits per heavy atom. The van der Waals surface area contributed by atoms with Crippen LogP contribution in [0.5, 0.6) is 0 Å². The van der Waals surface area contributed by atoms with Gasteiger partial charge in [-0.25, -0.2) is 0 Å². The molecule has 1 aromatic carbocycles. The lowest BCUT2D eigenvalue weighted by molar-refractivity contribution is 0.584. The summed E-state index contributed by atoms with van der Waals surface area (Å²) in [5.74, 6) is 0. The highest BCUT2D eigenvalue weighted by Gasteiger charge is 2.23. The molecule has 1 aromatic rings. The molecule has 0 aliphatic heterocycles. The molecule has 0 amide bonds. The maximum absolute atomic E-state index is 2.38. The van der Waals surface area contributed by atoms with E-state index in [1.807, 2.05) is 0 Å². The van der Waals surface area contributed by atoms with Crippen molar-refractivity contribution in [2.45, 2.75) is 64.5 Å². The predicted molar refractivity (Wildman–Crippen MR) is 88.3 cm³/mol. The van der Waals surface area contributed by atoms with E-state index in [0.717, 1.165) is 0 Å². The molecular weight excluding hydrogens is 214 g/mol. The molecule has 0 aliphatic rings. The maximum atomic E-state index is 2.38. The lowest BCUT2D eigenvalue weighted by atomic mass is 9.62. The normalized spacial score (nSPS) is 13.7. The van der Waals surface area contributed by atoms with Crippen molar-refractivity contribution >= 4 is 15.7 Å². The molecule has 0 saturated carbocycles. The van der Waals surface area contributed by atoms with Crippen LogP contribution in [0.1, 0.15) is 65.2 Å². The van der Waals surface area contributed by atoms with E-state index >= 15 is 0 Å². The first-order valence-corrected chi connectivity index (χ1v) is 6.98. The monoisotopic (exact) mass is 242 g/mol. The molecule has 0 atom stereocenters. The summed E-state index contributed by atoms with van der Waals surface area (Å²) >= 11 is 0. The van der Waals surface area contributed by atoms with Gasteiger partial charge < -0.3 is 0 Å². The number of hydrogen-bond donors (Lipinski definition) is 0. The highest BCUT2D eigenvalue weighted by Crippen LogP contribution is 2.32. The molecule has 1 rings (SSSR count). The molecule has 0 bridgehead atoms. The summed E-state index contributed by atoms with van der Waals surface area (Å²) in [5.41, 5.74) is 4.54. The summed E-state index contributed by atoms with van der Waals surface area (Å²) in [7, 11) is 4.59. The zero-order chi connectivity index (χ0) is 14.4. The van der Waals surface area contributed by atoms with Crippen LogP contribution in [0.15, 0.2) is 18.2 Å². The van der Waals surface area contributed by atoms with Gasteiger partial charge in [-0.3, -0.25) is 0 Å². The van der Waals surface area contributed by atoms with Gasteiger partial charge in [-0.05, 0) is 32.7 Å². The molecule has 0 N–H and O–H groups in total. The molecule has 0 unspecified atom stereocenters.